The third-order valence-corrected chi connectivity index (χ3v) is 3.25. The molecule has 18 heavy (non-hydrogen) atoms. The Morgan fingerprint density at radius 1 is 1.39 bits per heavy atom. The highest BCUT2D eigenvalue weighted by Gasteiger charge is 2.25. The summed E-state index contributed by atoms with van der Waals surface area (Å²) in [6.07, 6.45) is 0. The zero-order valence-electron chi connectivity index (χ0n) is 10.8. The second-order valence-corrected chi connectivity index (χ2v) is 5.00. The molecule has 98 valence electrons. The van der Waals surface area contributed by atoms with Gasteiger partial charge in [-0.05, 0) is 17.7 Å². The molecule has 1 aliphatic heterocycles. The minimum Gasteiger partial charge on any atom is -0.339 e. The van der Waals surface area contributed by atoms with Gasteiger partial charge in [-0.15, -0.1) is 0 Å². The highest BCUT2D eigenvalue weighted by Crippen LogP contribution is 2.18. The Morgan fingerprint density at radius 3 is 2.67 bits per heavy atom. The number of carbonyl (C=O) groups is 1. The van der Waals surface area contributed by atoms with Gasteiger partial charge in [0.05, 0.1) is 0 Å². The van der Waals surface area contributed by atoms with Gasteiger partial charge in [0.2, 0.25) is 5.91 Å². The minimum atomic E-state index is -0.232. The van der Waals surface area contributed by atoms with Gasteiger partial charge in [-0.2, -0.15) is 0 Å². The van der Waals surface area contributed by atoms with Crippen LogP contribution >= 0.6 is 0 Å². The van der Waals surface area contributed by atoms with Crippen molar-refractivity contribution in [3.63, 3.8) is 0 Å². The Bertz CT molecular complexity index is 416. The molecule has 0 unspecified atom stereocenters. The molecule has 1 aliphatic rings. The zero-order valence-corrected chi connectivity index (χ0v) is 10.8. The molecule has 1 fully saturated rings. The number of carbonyl (C=O) groups excluding carboxylic acids is 1. The molecule has 1 aromatic carbocycles. The van der Waals surface area contributed by atoms with Crippen molar-refractivity contribution in [3.8, 4) is 0 Å². The maximum Gasteiger partial charge on any atom is 0.225 e. The van der Waals surface area contributed by atoms with Crippen molar-refractivity contribution in [1.29, 1.82) is 0 Å². The van der Waals surface area contributed by atoms with Gasteiger partial charge in [0.1, 0.15) is 5.82 Å². The van der Waals surface area contributed by atoms with Crippen LogP contribution in [0, 0.1) is 11.7 Å². The van der Waals surface area contributed by atoms with Crippen LogP contribution in [0.1, 0.15) is 25.5 Å². The van der Waals surface area contributed by atoms with Gasteiger partial charge in [-0.3, -0.25) is 4.79 Å². The van der Waals surface area contributed by atoms with Crippen molar-refractivity contribution in [2.75, 3.05) is 19.6 Å². The molecular weight excluding hydrogens is 231 g/mol. The van der Waals surface area contributed by atoms with Crippen molar-refractivity contribution in [2.45, 2.75) is 19.9 Å². The molecule has 0 radical (unpaired) electrons. The van der Waals surface area contributed by atoms with E-state index in [4.69, 9.17) is 0 Å². The third kappa shape index (κ3) is 2.88. The molecule has 1 atom stereocenters. The molecule has 3 nitrogen and oxygen atoms in total. The molecule has 1 heterocycles. The smallest absolute Gasteiger partial charge is 0.225 e. The molecule has 0 bridgehead atoms. The predicted molar refractivity (Wildman–Crippen MR) is 68.6 cm³/mol. The monoisotopic (exact) mass is 250 g/mol. The standard InChI is InChI=1S/C14H19FN2O/c1-10(2)14(18)17-8-7-16-13(9-17)11-3-5-12(15)6-4-11/h3-6,10,13,16H,7-9H2,1-2H3/t13-/m0/s1. The van der Waals surface area contributed by atoms with E-state index < -0.39 is 0 Å². The number of hydrogen-bond acceptors (Lipinski definition) is 2. The van der Waals surface area contributed by atoms with Crippen LogP contribution < -0.4 is 5.32 Å². The van der Waals surface area contributed by atoms with Crippen molar-refractivity contribution < 1.29 is 9.18 Å². The van der Waals surface area contributed by atoms with E-state index in [9.17, 15) is 9.18 Å². The first-order chi connectivity index (χ1) is 8.58. The van der Waals surface area contributed by atoms with Gasteiger partial charge in [-0.1, -0.05) is 26.0 Å². The van der Waals surface area contributed by atoms with Crippen LogP contribution in [0.3, 0.4) is 0 Å². The molecule has 0 spiro atoms. The molecular formula is C14H19FN2O. The summed E-state index contributed by atoms with van der Waals surface area (Å²) in [5.74, 6) is -0.0229. The first kappa shape index (κ1) is 13.0. The lowest BCUT2D eigenvalue weighted by Crippen LogP contribution is -2.49. The summed E-state index contributed by atoms with van der Waals surface area (Å²) < 4.78 is 12.9. The first-order valence-electron chi connectivity index (χ1n) is 6.35. The van der Waals surface area contributed by atoms with E-state index in [-0.39, 0.29) is 23.7 Å². The van der Waals surface area contributed by atoms with Crippen LogP contribution in [-0.4, -0.2) is 30.4 Å². The van der Waals surface area contributed by atoms with E-state index >= 15 is 0 Å². The van der Waals surface area contributed by atoms with Crippen LogP contribution in [0.4, 0.5) is 4.39 Å². The average molecular weight is 250 g/mol. The molecule has 1 N–H and O–H groups in total. The molecule has 1 aromatic rings. The highest BCUT2D eigenvalue weighted by atomic mass is 19.1. The fraction of sp³-hybridized carbons (Fsp3) is 0.500. The lowest BCUT2D eigenvalue weighted by atomic mass is 10.0. The van der Waals surface area contributed by atoms with Crippen LogP contribution in [0.15, 0.2) is 24.3 Å². The molecule has 0 saturated carbocycles. The van der Waals surface area contributed by atoms with E-state index in [2.05, 4.69) is 5.32 Å². The van der Waals surface area contributed by atoms with Crippen molar-refractivity contribution >= 4 is 5.91 Å². The summed E-state index contributed by atoms with van der Waals surface area (Å²) in [5.41, 5.74) is 1.03. The Balaban J connectivity index is 2.07. The van der Waals surface area contributed by atoms with Gasteiger partial charge in [-0.25, -0.2) is 4.39 Å². The number of rotatable bonds is 2. The topological polar surface area (TPSA) is 32.3 Å². The number of halogens is 1. The van der Waals surface area contributed by atoms with Crippen LogP contribution in [0.25, 0.3) is 0 Å². The second-order valence-electron chi connectivity index (χ2n) is 5.00. The van der Waals surface area contributed by atoms with E-state index in [0.29, 0.717) is 6.54 Å². The summed E-state index contributed by atoms with van der Waals surface area (Å²) in [6.45, 7) is 6.01. The number of nitrogens with one attached hydrogen (secondary N) is 1. The first-order valence-corrected chi connectivity index (χ1v) is 6.35. The summed E-state index contributed by atoms with van der Waals surface area (Å²) in [4.78, 5) is 13.9. The van der Waals surface area contributed by atoms with Crippen LogP contribution in [0.5, 0.6) is 0 Å². The molecule has 1 amide bonds. The molecule has 4 heteroatoms. The average Bonchev–Trinajstić information content (AvgIpc) is 2.38. The van der Waals surface area contributed by atoms with Crippen molar-refractivity contribution in [3.05, 3.63) is 35.6 Å². The van der Waals surface area contributed by atoms with E-state index in [1.165, 1.54) is 12.1 Å². The zero-order chi connectivity index (χ0) is 13.1. The molecule has 1 saturated heterocycles. The number of benzene rings is 1. The van der Waals surface area contributed by atoms with E-state index in [1.54, 1.807) is 12.1 Å². The van der Waals surface area contributed by atoms with Crippen LogP contribution in [-0.2, 0) is 4.79 Å². The highest BCUT2D eigenvalue weighted by molar-refractivity contribution is 5.78. The Kier molecular flexibility index (Phi) is 3.97. The fourth-order valence-corrected chi connectivity index (χ4v) is 2.23. The third-order valence-electron chi connectivity index (χ3n) is 3.25. The number of piperazine rings is 1. The second kappa shape index (κ2) is 5.48. The lowest BCUT2D eigenvalue weighted by Gasteiger charge is -2.35. The van der Waals surface area contributed by atoms with Crippen molar-refractivity contribution in [1.82, 2.24) is 10.2 Å². The Morgan fingerprint density at radius 2 is 2.06 bits per heavy atom. The number of amides is 1. The van der Waals surface area contributed by atoms with Gasteiger partial charge in [0.25, 0.3) is 0 Å². The minimum absolute atomic E-state index is 0.0250. The van der Waals surface area contributed by atoms with Gasteiger partial charge in [0, 0.05) is 31.6 Å². The summed E-state index contributed by atoms with van der Waals surface area (Å²) in [7, 11) is 0. The predicted octanol–water partition coefficient (Wildman–Crippen LogP) is 1.95. The number of hydrogen-bond donors (Lipinski definition) is 1. The largest absolute Gasteiger partial charge is 0.339 e. The molecule has 0 aliphatic carbocycles. The molecule has 0 aromatic heterocycles. The van der Waals surface area contributed by atoms with Crippen LogP contribution in [0.2, 0.25) is 0 Å². The summed E-state index contributed by atoms with van der Waals surface area (Å²) >= 11 is 0. The van der Waals surface area contributed by atoms with E-state index in [1.807, 2.05) is 18.7 Å². The lowest BCUT2D eigenvalue weighted by molar-refractivity contribution is -0.135. The Hall–Kier alpha value is -1.42. The summed E-state index contributed by atoms with van der Waals surface area (Å²) in [5, 5.41) is 3.36. The quantitative estimate of drug-likeness (QED) is 0.870. The Labute approximate surface area is 107 Å². The summed E-state index contributed by atoms with van der Waals surface area (Å²) in [6, 6.07) is 6.56. The van der Waals surface area contributed by atoms with Crippen molar-refractivity contribution in [2.24, 2.45) is 5.92 Å². The maximum absolute atomic E-state index is 12.9. The van der Waals surface area contributed by atoms with Gasteiger partial charge in [0.15, 0.2) is 0 Å². The maximum atomic E-state index is 12.9. The number of nitrogens with zero attached hydrogens (tertiary/aromatic N) is 1. The molecule has 2 rings (SSSR count). The SMILES string of the molecule is CC(C)C(=O)N1CCN[C@H](c2ccc(F)cc2)C1. The fourth-order valence-electron chi connectivity index (χ4n) is 2.23. The van der Waals surface area contributed by atoms with Gasteiger partial charge < -0.3 is 10.2 Å². The van der Waals surface area contributed by atoms with Gasteiger partial charge >= 0.3 is 0 Å². The normalized spacial score (nSPS) is 20.2. The van der Waals surface area contributed by atoms with E-state index in [0.717, 1.165) is 18.7 Å².